The summed E-state index contributed by atoms with van der Waals surface area (Å²) in [5.74, 6) is -0.254. The van der Waals surface area contributed by atoms with Gasteiger partial charge in [0.2, 0.25) is 0 Å². The maximum absolute atomic E-state index is 13.0. The number of nitrogens with one attached hydrogen (secondary N) is 1. The van der Waals surface area contributed by atoms with Crippen molar-refractivity contribution in [3.05, 3.63) is 36.1 Å². The molecule has 34 heavy (non-hydrogen) atoms. The van der Waals surface area contributed by atoms with Crippen molar-refractivity contribution in [2.75, 3.05) is 6.54 Å². The number of allylic oxidation sites excluding steroid dienone is 2. The first kappa shape index (κ1) is 23.4. The number of fused-ring (bicyclic) bond motifs is 5. The Morgan fingerprint density at radius 2 is 1.88 bits per heavy atom. The Labute approximate surface area is 202 Å². The van der Waals surface area contributed by atoms with E-state index in [4.69, 9.17) is 9.47 Å². The Bertz CT molecular complexity index is 1040. The van der Waals surface area contributed by atoms with E-state index in [9.17, 15) is 14.4 Å². The Morgan fingerprint density at radius 1 is 1.15 bits per heavy atom. The van der Waals surface area contributed by atoms with E-state index in [-0.39, 0.29) is 52.4 Å². The second-order valence-electron chi connectivity index (χ2n) is 12.3. The lowest BCUT2D eigenvalue weighted by molar-refractivity contribution is -0.196. The SMILES string of the molecule is CC(=O)O[C@@H]1CC2C(C)(C)C(=O)C=C[C@]2(C)C2CC[C@]3(C)C(=CC(=O)O[C@H]3C3C=CNC3)[C@@]21C. The van der Waals surface area contributed by atoms with Gasteiger partial charge in [-0.2, -0.15) is 0 Å². The fraction of sp³-hybridized carbons (Fsp3) is 0.679. The zero-order chi connectivity index (χ0) is 24.7. The molecule has 0 bridgehead atoms. The summed E-state index contributed by atoms with van der Waals surface area (Å²) in [5.41, 5.74) is -0.653. The van der Waals surface area contributed by atoms with Gasteiger partial charge in [-0.25, -0.2) is 4.79 Å². The first-order valence-corrected chi connectivity index (χ1v) is 12.6. The molecule has 2 heterocycles. The third-order valence-electron chi connectivity index (χ3n) is 10.2. The van der Waals surface area contributed by atoms with Crippen LogP contribution in [0.25, 0.3) is 0 Å². The molecule has 5 rings (SSSR count). The number of cyclic esters (lactones) is 1. The summed E-state index contributed by atoms with van der Waals surface area (Å²) >= 11 is 0. The van der Waals surface area contributed by atoms with E-state index in [1.54, 1.807) is 12.2 Å². The van der Waals surface area contributed by atoms with Gasteiger partial charge in [0, 0.05) is 41.7 Å². The van der Waals surface area contributed by atoms with E-state index in [2.05, 4.69) is 38.2 Å². The third-order valence-corrected chi connectivity index (χ3v) is 10.2. The highest BCUT2D eigenvalue weighted by atomic mass is 16.5. The topological polar surface area (TPSA) is 81.7 Å². The second kappa shape index (κ2) is 7.32. The fourth-order valence-corrected chi connectivity index (χ4v) is 8.56. The second-order valence-corrected chi connectivity index (χ2v) is 12.3. The van der Waals surface area contributed by atoms with E-state index < -0.39 is 16.9 Å². The standard InChI is InChI=1S/C28H37NO5/c1-16(30)33-22-13-19-25(2,3)21(31)8-11-26(19,4)18-7-10-27(5)20(28(18,22)6)14-23(32)34-24(27)17-9-12-29-15-17/h8-9,11-12,14,17-19,22,24,29H,7,10,13,15H2,1-6H3/t17?,18?,19?,22-,24+,26-,27-,28-/m1/s1. The number of carbonyl (C=O) groups is 3. The molecule has 0 radical (unpaired) electrons. The summed E-state index contributed by atoms with van der Waals surface area (Å²) in [7, 11) is 0. The highest BCUT2D eigenvalue weighted by molar-refractivity contribution is 5.96. The van der Waals surface area contributed by atoms with Crippen molar-refractivity contribution in [1.82, 2.24) is 5.32 Å². The van der Waals surface area contributed by atoms with Crippen LogP contribution in [0.4, 0.5) is 0 Å². The number of carbonyl (C=O) groups excluding carboxylic acids is 3. The number of ketones is 1. The monoisotopic (exact) mass is 467 g/mol. The van der Waals surface area contributed by atoms with Crippen LogP contribution in [0.3, 0.4) is 0 Å². The molecule has 2 saturated carbocycles. The van der Waals surface area contributed by atoms with Crippen molar-refractivity contribution in [2.45, 2.75) is 73.0 Å². The lowest BCUT2D eigenvalue weighted by Crippen LogP contribution is -2.66. The van der Waals surface area contributed by atoms with Gasteiger partial charge in [0.1, 0.15) is 12.2 Å². The van der Waals surface area contributed by atoms with Gasteiger partial charge in [-0.3, -0.25) is 9.59 Å². The molecular formula is C28H37NO5. The smallest absolute Gasteiger partial charge is 0.331 e. The molecule has 0 aromatic heterocycles. The minimum atomic E-state index is -0.549. The van der Waals surface area contributed by atoms with Crippen molar-refractivity contribution in [3.8, 4) is 0 Å². The van der Waals surface area contributed by atoms with Gasteiger partial charge in [0.05, 0.1) is 0 Å². The quantitative estimate of drug-likeness (QED) is 0.616. The molecule has 8 atom stereocenters. The number of hydrogen-bond acceptors (Lipinski definition) is 6. The van der Waals surface area contributed by atoms with Gasteiger partial charge in [0.15, 0.2) is 5.78 Å². The molecule has 0 aromatic carbocycles. The Morgan fingerprint density at radius 3 is 2.53 bits per heavy atom. The number of rotatable bonds is 2. The van der Waals surface area contributed by atoms with Crippen LogP contribution in [0.15, 0.2) is 36.1 Å². The molecule has 6 nitrogen and oxygen atoms in total. The van der Waals surface area contributed by atoms with E-state index in [1.165, 1.54) is 6.92 Å². The van der Waals surface area contributed by atoms with Crippen molar-refractivity contribution in [1.29, 1.82) is 0 Å². The molecule has 0 amide bonds. The zero-order valence-electron chi connectivity index (χ0n) is 21.1. The summed E-state index contributed by atoms with van der Waals surface area (Å²) in [5, 5.41) is 3.25. The third kappa shape index (κ3) is 2.96. The van der Waals surface area contributed by atoms with Crippen LogP contribution >= 0.6 is 0 Å². The van der Waals surface area contributed by atoms with Gasteiger partial charge >= 0.3 is 11.9 Å². The van der Waals surface area contributed by atoms with E-state index in [0.29, 0.717) is 6.42 Å². The molecule has 3 aliphatic carbocycles. The molecule has 0 spiro atoms. The summed E-state index contributed by atoms with van der Waals surface area (Å²) in [6.45, 7) is 12.9. The van der Waals surface area contributed by atoms with Gasteiger partial charge in [0.25, 0.3) is 0 Å². The van der Waals surface area contributed by atoms with Crippen molar-refractivity contribution < 1.29 is 23.9 Å². The predicted octanol–water partition coefficient (Wildman–Crippen LogP) is 4.12. The molecule has 3 unspecified atom stereocenters. The molecule has 5 aliphatic rings. The molecule has 0 aromatic rings. The number of ether oxygens (including phenoxy) is 2. The first-order chi connectivity index (χ1) is 15.8. The molecule has 2 aliphatic heterocycles. The van der Waals surface area contributed by atoms with Crippen LogP contribution in [0, 0.1) is 39.4 Å². The van der Waals surface area contributed by atoms with Crippen LogP contribution in [-0.2, 0) is 23.9 Å². The highest BCUT2D eigenvalue weighted by Gasteiger charge is 2.69. The molecular weight excluding hydrogens is 430 g/mol. The molecule has 184 valence electrons. The van der Waals surface area contributed by atoms with E-state index in [0.717, 1.165) is 25.0 Å². The zero-order valence-corrected chi connectivity index (χ0v) is 21.1. The lowest BCUT2D eigenvalue weighted by Gasteiger charge is -2.67. The van der Waals surface area contributed by atoms with Gasteiger partial charge in [-0.15, -0.1) is 0 Å². The highest BCUT2D eigenvalue weighted by Crippen LogP contribution is 2.70. The Kier molecular flexibility index (Phi) is 5.03. The van der Waals surface area contributed by atoms with Crippen LogP contribution in [0.5, 0.6) is 0 Å². The minimum absolute atomic E-state index is 0.0400. The minimum Gasteiger partial charge on any atom is -0.462 e. The van der Waals surface area contributed by atoms with Crippen LogP contribution in [0.2, 0.25) is 0 Å². The first-order valence-electron chi connectivity index (χ1n) is 12.6. The maximum atomic E-state index is 13.0. The van der Waals surface area contributed by atoms with Crippen LogP contribution in [-0.4, -0.2) is 36.5 Å². The van der Waals surface area contributed by atoms with Crippen molar-refractivity contribution in [2.24, 2.45) is 39.4 Å². The van der Waals surface area contributed by atoms with Gasteiger partial charge < -0.3 is 14.8 Å². The number of hydrogen-bond donors (Lipinski definition) is 1. The normalized spacial score (nSPS) is 46.4. The van der Waals surface area contributed by atoms with Gasteiger partial charge in [-0.1, -0.05) is 46.8 Å². The Hall–Kier alpha value is -2.37. The van der Waals surface area contributed by atoms with E-state index >= 15 is 0 Å². The fourth-order valence-electron chi connectivity index (χ4n) is 8.56. The number of esters is 2. The summed E-state index contributed by atoms with van der Waals surface area (Å²) in [6.07, 6.45) is 11.3. The maximum Gasteiger partial charge on any atom is 0.331 e. The lowest BCUT2D eigenvalue weighted by atomic mass is 9.38. The molecule has 2 fully saturated rings. The summed E-state index contributed by atoms with van der Waals surface area (Å²) in [6, 6.07) is 0. The molecule has 6 heteroatoms. The van der Waals surface area contributed by atoms with E-state index in [1.807, 2.05) is 20.0 Å². The van der Waals surface area contributed by atoms with Crippen LogP contribution < -0.4 is 5.32 Å². The predicted molar refractivity (Wildman–Crippen MR) is 127 cm³/mol. The average Bonchev–Trinajstić information content (AvgIpc) is 3.28. The Balaban J connectivity index is 1.68. The van der Waals surface area contributed by atoms with Crippen LogP contribution in [0.1, 0.15) is 60.8 Å². The summed E-state index contributed by atoms with van der Waals surface area (Å²) < 4.78 is 12.1. The van der Waals surface area contributed by atoms with Crippen molar-refractivity contribution >= 4 is 17.7 Å². The molecule has 0 saturated heterocycles. The summed E-state index contributed by atoms with van der Waals surface area (Å²) in [4.78, 5) is 38.2. The average molecular weight is 468 g/mol. The van der Waals surface area contributed by atoms with Gasteiger partial charge in [-0.05, 0) is 54.4 Å². The van der Waals surface area contributed by atoms with Crippen molar-refractivity contribution in [3.63, 3.8) is 0 Å². The largest absolute Gasteiger partial charge is 0.462 e. The molecule has 1 N–H and O–H groups in total.